The van der Waals surface area contributed by atoms with Gasteiger partial charge in [-0.05, 0) is 68.1 Å². The summed E-state index contributed by atoms with van der Waals surface area (Å²) >= 11 is 12.0. The number of furan rings is 1. The lowest BCUT2D eigenvalue weighted by atomic mass is 10.0. The second kappa shape index (κ2) is 13.3. The number of rotatable bonds is 11. The number of hydrazone groups is 1. The third-order valence-electron chi connectivity index (χ3n) is 5.59. The summed E-state index contributed by atoms with van der Waals surface area (Å²) in [6, 6.07) is 11.6. The number of ether oxygens (including phenoxy) is 1. The van der Waals surface area contributed by atoms with Gasteiger partial charge in [-0.25, -0.2) is 5.43 Å². The highest BCUT2D eigenvalue weighted by Crippen LogP contribution is 2.29. The highest BCUT2D eigenvalue weighted by Gasteiger charge is 2.25. The number of hydrogen-bond acceptors (Lipinski definition) is 7. The third kappa shape index (κ3) is 8.30. The van der Waals surface area contributed by atoms with Crippen LogP contribution in [0.1, 0.15) is 38.5 Å². The molecule has 10 nitrogen and oxygen atoms in total. The molecule has 0 radical (unpaired) electrons. The Hall–Kier alpha value is -3.89. The number of benzene rings is 2. The van der Waals surface area contributed by atoms with E-state index >= 15 is 0 Å². The van der Waals surface area contributed by atoms with Gasteiger partial charge in [0.15, 0.2) is 6.10 Å². The second-order valence-corrected chi connectivity index (χ2v) is 10.1. The van der Waals surface area contributed by atoms with Crippen molar-refractivity contribution in [2.45, 2.75) is 46.3 Å². The number of carbonyl (C=O) groups excluding carboxylic acids is 2. The first-order valence-electron chi connectivity index (χ1n) is 12.0. The number of nitrogens with one attached hydrogen (secondary N) is 2. The average Bonchev–Trinajstić information content (AvgIpc) is 3.33. The van der Waals surface area contributed by atoms with E-state index in [-0.39, 0.29) is 16.6 Å². The van der Waals surface area contributed by atoms with E-state index in [1.807, 2.05) is 13.8 Å². The summed E-state index contributed by atoms with van der Waals surface area (Å²) in [5.41, 5.74) is 3.80. The van der Waals surface area contributed by atoms with Crippen LogP contribution in [0.4, 0.5) is 5.69 Å². The van der Waals surface area contributed by atoms with E-state index in [9.17, 15) is 19.7 Å². The molecule has 3 rings (SSSR count). The summed E-state index contributed by atoms with van der Waals surface area (Å²) in [6.45, 7) is 7.14. The minimum absolute atomic E-state index is 0.00918. The van der Waals surface area contributed by atoms with Crippen molar-refractivity contribution in [3.8, 4) is 17.1 Å². The predicted octanol–water partition coefficient (Wildman–Crippen LogP) is 5.92. The number of carbonyl (C=O) groups is 2. The molecule has 206 valence electrons. The molecule has 2 N–H and O–H groups in total. The number of aryl methyl sites for hydroxylation is 1. The molecule has 12 heteroatoms. The molecule has 39 heavy (non-hydrogen) atoms. The summed E-state index contributed by atoms with van der Waals surface area (Å²) in [4.78, 5) is 36.1. The third-order valence-corrected chi connectivity index (χ3v) is 6.12. The molecular weight excluding hydrogens is 547 g/mol. The largest absolute Gasteiger partial charge is 0.479 e. The van der Waals surface area contributed by atoms with E-state index in [1.54, 1.807) is 44.2 Å². The molecule has 2 atom stereocenters. The summed E-state index contributed by atoms with van der Waals surface area (Å²) in [7, 11) is 0. The van der Waals surface area contributed by atoms with E-state index in [0.29, 0.717) is 39.8 Å². The zero-order chi connectivity index (χ0) is 28.7. The molecule has 0 spiro atoms. The van der Waals surface area contributed by atoms with Crippen LogP contribution in [0, 0.1) is 23.0 Å². The molecule has 0 fully saturated rings. The topological polar surface area (TPSA) is 136 Å². The smallest absolute Gasteiger partial charge is 0.269 e. The molecule has 0 aliphatic rings. The van der Waals surface area contributed by atoms with Gasteiger partial charge in [-0.3, -0.25) is 19.7 Å². The second-order valence-electron chi connectivity index (χ2n) is 9.22. The monoisotopic (exact) mass is 574 g/mol. The summed E-state index contributed by atoms with van der Waals surface area (Å²) in [5.74, 6) is 0.233. The van der Waals surface area contributed by atoms with E-state index in [2.05, 4.69) is 15.8 Å². The van der Waals surface area contributed by atoms with Crippen LogP contribution in [0.2, 0.25) is 10.0 Å². The number of nitrogens with zero attached hydrogens (tertiary/aromatic N) is 2. The van der Waals surface area contributed by atoms with Crippen LogP contribution in [-0.2, 0) is 9.59 Å². The van der Waals surface area contributed by atoms with Crippen molar-refractivity contribution in [2.24, 2.45) is 11.0 Å². The first kappa shape index (κ1) is 29.7. The fourth-order valence-electron chi connectivity index (χ4n) is 3.65. The van der Waals surface area contributed by atoms with Gasteiger partial charge in [0.2, 0.25) is 0 Å². The highest BCUT2D eigenvalue weighted by atomic mass is 35.5. The minimum atomic E-state index is -0.931. The Kier molecular flexibility index (Phi) is 10.1. The van der Waals surface area contributed by atoms with Gasteiger partial charge >= 0.3 is 0 Å². The number of nitro groups is 1. The first-order valence-corrected chi connectivity index (χ1v) is 12.8. The molecule has 2 amide bonds. The Labute approximate surface area is 235 Å². The zero-order valence-electron chi connectivity index (χ0n) is 21.7. The van der Waals surface area contributed by atoms with Crippen LogP contribution in [0.25, 0.3) is 11.3 Å². The van der Waals surface area contributed by atoms with Crippen LogP contribution < -0.4 is 15.5 Å². The van der Waals surface area contributed by atoms with Crippen molar-refractivity contribution in [1.82, 2.24) is 10.7 Å². The fraction of sp³-hybridized carbons (Fsp3) is 0.296. The maximum atomic E-state index is 12.8. The summed E-state index contributed by atoms with van der Waals surface area (Å²) in [6.07, 6.45) is 0.760. The van der Waals surface area contributed by atoms with Gasteiger partial charge in [0.1, 0.15) is 23.3 Å². The summed E-state index contributed by atoms with van der Waals surface area (Å²) < 4.78 is 11.4. The van der Waals surface area contributed by atoms with E-state index < -0.39 is 28.9 Å². The maximum absolute atomic E-state index is 12.8. The van der Waals surface area contributed by atoms with Crippen molar-refractivity contribution in [3.63, 3.8) is 0 Å². The standard InChI is InChI=1S/C27H28Cl2N4O6/c1-15(2)11-23(31-26(34)17(4)38-25-9-5-18(28)13-22(25)29)27(35)32-30-14-20-7-10-24(39-20)21-8-6-19(33(36)37)12-16(21)3/h5-10,12-15,17,23H,11H2,1-4H3,(H,31,34)(H,32,35)/b30-14-/t17-,23+/m1/s1. The Morgan fingerprint density at radius 3 is 2.49 bits per heavy atom. The molecule has 0 aliphatic carbocycles. The molecule has 0 saturated carbocycles. The van der Waals surface area contributed by atoms with Crippen molar-refractivity contribution < 1.29 is 23.7 Å². The Bertz CT molecular complexity index is 1390. The molecule has 0 bridgehead atoms. The van der Waals surface area contributed by atoms with E-state index in [4.69, 9.17) is 32.4 Å². The van der Waals surface area contributed by atoms with Crippen LogP contribution in [0.3, 0.4) is 0 Å². The number of amides is 2. The lowest BCUT2D eigenvalue weighted by Crippen LogP contribution is -2.49. The molecule has 3 aromatic rings. The van der Waals surface area contributed by atoms with Crippen LogP contribution in [0.15, 0.2) is 58.0 Å². The van der Waals surface area contributed by atoms with Crippen LogP contribution in [-0.4, -0.2) is 35.1 Å². The van der Waals surface area contributed by atoms with Gasteiger partial charge in [-0.1, -0.05) is 37.0 Å². The zero-order valence-corrected chi connectivity index (χ0v) is 23.2. The first-order chi connectivity index (χ1) is 18.4. The van der Waals surface area contributed by atoms with Gasteiger partial charge in [0.25, 0.3) is 17.5 Å². The maximum Gasteiger partial charge on any atom is 0.269 e. The van der Waals surface area contributed by atoms with Gasteiger partial charge in [0, 0.05) is 22.7 Å². The van der Waals surface area contributed by atoms with Crippen LogP contribution in [0.5, 0.6) is 5.75 Å². The predicted molar refractivity (Wildman–Crippen MR) is 149 cm³/mol. The van der Waals surface area contributed by atoms with Crippen molar-refractivity contribution in [1.29, 1.82) is 0 Å². The lowest BCUT2D eigenvalue weighted by Gasteiger charge is -2.22. The van der Waals surface area contributed by atoms with Crippen molar-refractivity contribution in [3.05, 3.63) is 80.0 Å². The normalized spacial score (nSPS) is 12.8. The SMILES string of the molecule is Cc1cc([N+](=O)[O-])ccc1-c1ccc(/C=N\NC(=O)[C@H](CC(C)C)NC(=O)[C@@H](C)Oc2ccc(Cl)cc2Cl)o1. The molecule has 0 saturated heterocycles. The number of non-ortho nitro benzene ring substituents is 1. The van der Waals surface area contributed by atoms with E-state index in [0.717, 1.165) is 0 Å². The molecular formula is C27H28Cl2N4O6. The Balaban J connectivity index is 1.62. The van der Waals surface area contributed by atoms with Gasteiger partial charge in [-0.15, -0.1) is 0 Å². The van der Waals surface area contributed by atoms with Gasteiger partial charge in [-0.2, -0.15) is 5.10 Å². The molecule has 1 aromatic heterocycles. The fourth-order valence-corrected chi connectivity index (χ4v) is 4.10. The van der Waals surface area contributed by atoms with E-state index in [1.165, 1.54) is 24.4 Å². The average molecular weight is 575 g/mol. The molecule has 0 aliphatic heterocycles. The Morgan fingerprint density at radius 1 is 1.10 bits per heavy atom. The molecule has 1 heterocycles. The minimum Gasteiger partial charge on any atom is -0.479 e. The number of nitro benzene ring substituents is 1. The number of halogens is 2. The van der Waals surface area contributed by atoms with Gasteiger partial charge < -0.3 is 14.5 Å². The lowest BCUT2D eigenvalue weighted by molar-refractivity contribution is -0.384. The van der Waals surface area contributed by atoms with Crippen molar-refractivity contribution >= 4 is 46.9 Å². The highest BCUT2D eigenvalue weighted by molar-refractivity contribution is 6.35. The van der Waals surface area contributed by atoms with Crippen LogP contribution >= 0.6 is 23.2 Å². The quantitative estimate of drug-likeness (QED) is 0.166. The van der Waals surface area contributed by atoms with Gasteiger partial charge in [0.05, 0.1) is 16.2 Å². The Morgan fingerprint density at radius 2 is 1.85 bits per heavy atom. The van der Waals surface area contributed by atoms with Crippen molar-refractivity contribution in [2.75, 3.05) is 0 Å². The summed E-state index contributed by atoms with van der Waals surface area (Å²) in [5, 5.41) is 18.3. The number of hydrogen-bond donors (Lipinski definition) is 2. The molecule has 2 aromatic carbocycles. The molecule has 0 unspecified atom stereocenters.